The van der Waals surface area contributed by atoms with Crippen molar-refractivity contribution in [2.24, 2.45) is 0 Å². The third kappa shape index (κ3) is 6.25. The van der Waals surface area contributed by atoms with Crippen LogP contribution in [-0.4, -0.2) is 70.6 Å². The Morgan fingerprint density at radius 2 is 1.63 bits per heavy atom. The van der Waals surface area contributed by atoms with Crippen LogP contribution in [0.3, 0.4) is 0 Å². The number of halogens is 2. The minimum atomic E-state index is -3.76. The van der Waals surface area contributed by atoms with Crippen LogP contribution in [-0.2, 0) is 24.3 Å². The van der Waals surface area contributed by atoms with Crippen molar-refractivity contribution < 1.29 is 27.5 Å². The summed E-state index contributed by atoms with van der Waals surface area (Å²) in [5, 5.41) is 3.25. The molecule has 0 bridgehead atoms. The van der Waals surface area contributed by atoms with Gasteiger partial charge < -0.3 is 19.7 Å². The van der Waals surface area contributed by atoms with E-state index in [1.165, 1.54) is 28.6 Å². The van der Waals surface area contributed by atoms with Crippen molar-refractivity contribution in [3.63, 3.8) is 0 Å². The highest BCUT2D eigenvalue weighted by atomic mass is 35.5. The second-order valence-electron chi connectivity index (χ2n) is 8.17. The number of benzene rings is 2. The van der Waals surface area contributed by atoms with Gasteiger partial charge in [-0.15, -0.1) is 0 Å². The lowest BCUT2D eigenvalue weighted by Crippen LogP contribution is -2.40. The Morgan fingerprint density at radius 3 is 2.29 bits per heavy atom. The number of esters is 1. The Morgan fingerprint density at radius 1 is 0.971 bits per heavy atom. The number of anilines is 2. The molecule has 0 saturated carbocycles. The first kappa shape index (κ1) is 25.7. The number of rotatable bonds is 7. The molecule has 2 fully saturated rings. The van der Waals surface area contributed by atoms with E-state index < -0.39 is 28.5 Å². The van der Waals surface area contributed by atoms with Gasteiger partial charge in [-0.1, -0.05) is 23.2 Å². The molecule has 4 rings (SSSR count). The van der Waals surface area contributed by atoms with E-state index in [-0.39, 0.29) is 33.6 Å². The number of nitrogens with zero attached hydrogens (tertiary/aromatic N) is 2. The molecule has 1 amide bonds. The number of hydrogen-bond acceptors (Lipinski definition) is 7. The highest BCUT2D eigenvalue weighted by molar-refractivity contribution is 7.89. The topological polar surface area (TPSA) is 105 Å². The first-order valence-electron chi connectivity index (χ1n) is 11.1. The zero-order chi connectivity index (χ0) is 25.0. The quantitative estimate of drug-likeness (QED) is 0.535. The lowest BCUT2D eigenvalue weighted by Gasteiger charge is -2.27. The largest absolute Gasteiger partial charge is 0.452 e. The summed E-state index contributed by atoms with van der Waals surface area (Å²) in [7, 11) is -3.76. The molecule has 0 spiro atoms. The summed E-state index contributed by atoms with van der Waals surface area (Å²) in [4.78, 5) is 27.2. The first-order chi connectivity index (χ1) is 16.7. The fourth-order valence-electron chi connectivity index (χ4n) is 4.02. The number of ether oxygens (including phenoxy) is 2. The molecule has 2 aromatic carbocycles. The molecule has 0 radical (unpaired) electrons. The monoisotopic (exact) mass is 541 g/mol. The van der Waals surface area contributed by atoms with Crippen molar-refractivity contribution in [1.82, 2.24) is 4.31 Å². The van der Waals surface area contributed by atoms with E-state index in [1.807, 2.05) is 0 Å². The molecule has 1 N–H and O–H groups in total. The average Bonchev–Trinajstić information content (AvgIpc) is 3.37. The van der Waals surface area contributed by atoms with Gasteiger partial charge in [-0.05, 0) is 49.2 Å². The Balaban J connectivity index is 1.51. The van der Waals surface area contributed by atoms with Crippen molar-refractivity contribution >= 4 is 56.5 Å². The van der Waals surface area contributed by atoms with Crippen LogP contribution in [0.5, 0.6) is 0 Å². The van der Waals surface area contributed by atoms with E-state index in [0.717, 1.165) is 25.9 Å². The van der Waals surface area contributed by atoms with Crippen molar-refractivity contribution in [1.29, 1.82) is 0 Å². The van der Waals surface area contributed by atoms with Gasteiger partial charge in [0.05, 0.1) is 35.0 Å². The summed E-state index contributed by atoms with van der Waals surface area (Å²) >= 11 is 11.8. The maximum atomic E-state index is 13.1. The van der Waals surface area contributed by atoms with Crippen LogP contribution in [0.25, 0.3) is 0 Å². The summed E-state index contributed by atoms with van der Waals surface area (Å²) in [6.45, 7) is 2.22. The Kier molecular flexibility index (Phi) is 8.18. The summed E-state index contributed by atoms with van der Waals surface area (Å²) in [5.74, 6) is -1.36. The SMILES string of the molecule is O=C(COC(=O)c1cc(Cl)cc(Cl)c1)Nc1cc(S(=O)(=O)N2CCOCC2)ccc1N1CCCC1. The number of morpholine rings is 1. The normalized spacial score (nSPS) is 16.8. The van der Waals surface area contributed by atoms with Crippen LogP contribution in [0, 0.1) is 0 Å². The number of carbonyl (C=O) groups is 2. The first-order valence-corrected chi connectivity index (χ1v) is 13.3. The Bertz CT molecular complexity index is 1190. The maximum absolute atomic E-state index is 13.1. The molecule has 35 heavy (non-hydrogen) atoms. The second kappa shape index (κ2) is 11.1. The van der Waals surface area contributed by atoms with Crippen molar-refractivity contribution in [2.45, 2.75) is 17.7 Å². The zero-order valence-corrected chi connectivity index (χ0v) is 21.2. The van der Waals surface area contributed by atoms with E-state index in [4.69, 9.17) is 32.7 Å². The van der Waals surface area contributed by atoms with Gasteiger partial charge in [-0.25, -0.2) is 13.2 Å². The molecule has 12 heteroatoms. The van der Waals surface area contributed by atoms with E-state index in [2.05, 4.69) is 10.2 Å². The molecule has 2 aromatic rings. The molecule has 2 aliphatic heterocycles. The summed E-state index contributed by atoms with van der Waals surface area (Å²) in [5.41, 5.74) is 1.17. The molecule has 0 aromatic heterocycles. The third-order valence-corrected chi connectivity index (χ3v) is 8.06. The zero-order valence-electron chi connectivity index (χ0n) is 18.8. The molecule has 0 aliphatic carbocycles. The number of hydrogen-bond donors (Lipinski definition) is 1. The highest BCUT2D eigenvalue weighted by Gasteiger charge is 2.28. The van der Waals surface area contributed by atoms with Crippen LogP contribution in [0.1, 0.15) is 23.2 Å². The fraction of sp³-hybridized carbons (Fsp3) is 0.391. The molecule has 2 aliphatic rings. The molecule has 2 saturated heterocycles. The summed E-state index contributed by atoms with van der Waals surface area (Å²) < 4.78 is 38.0. The van der Waals surface area contributed by atoms with E-state index in [9.17, 15) is 18.0 Å². The minimum Gasteiger partial charge on any atom is -0.452 e. The molecule has 0 unspecified atom stereocenters. The molecule has 2 heterocycles. The molecule has 0 atom stereocenters. The van der Waals surface area contributed by atoms with Gasteiger partial charge in [0.15, 0.2) is 6.61 Å². The highest BCUT2D eigenvalue weighted by Crippen LogP contribution is 2.32. The lowest BCUT2D eigenvalue weighted by molar-refractivity contribution is -0.119. The van der Waals surface area contributed by atoms with Crippen molar-refractivity contribution in [3.05, 3.63) is 52.0 Å². The van der Waals surface area contributed by atoms with Crippen molar-refractivity contribution in [3.8, 4) is 0 Å². The van der Waals surface area contributed by atoms with E-state index >= 15 is 0 Å². The third-order valence-electron chi connectivity index (χ3n) is 5.73. The second-order valence-corrected chi connectivity index (χ2v) is 11.0. The van der Waals surface area contributed by atoms with Gasteiger partial charge in [-0.3, -0.25) is 4.79 Å². The van der Waals surface area contributed by atoms with Crippen LogP contribution in [0.2, 0.25) is 10.0 Å². The van der Waals surface area contributed by atoms with Gasteiger partial charge in [0, 0.05) is 36.2 Å². The predicted octanol–water partition coefficient (Wildman–Crippen LogP) is 3.41. The number of nitrogens with one attached hydrogen (secondary N) is 1. The van der Waals surface area contributed by atoms with Gasteiger partial charge in [-0.2, -0.15) is 4.31 Å². The Hall–Kier alpha value is -2.37. The van der Waals surface area contributed by atoms with Crippen LogP contribution < -0.4 is 10.2 Å². The number of sulfonamides is 1. The van der Waals surface area contributed by atoms with Crippen molar-refractivity contribution in [2.75, 3.05) is 56.2 Å². The van der Waals surface area contributed by atoms with Gasteiger partial charge in [0.25, 0.3) is 5.91 Å². The Labute approximate surface area is 213 Å². The number of carbonyl (C=O) groups excluding carboxylic acids is 2. The van der Waals surface area contributed by atoms with E-state index in [1.54, 1.807) is 12.1 Å². The average molecular weight is 542 g/mol. The molecular formula is C23H25Cl2N3O6S. The maximum Gasteiger partial charge on any atom is 0.338 e. The summed E-state index contributed by atoms with van der Waals surface area (Å²) in [6.07, 6.45) is 2.00. The smallest absolute Gasteiger partial charge is 0.338 e. The fourth-order valence-corrected chi connectivity index (χ4v) is 5.98. The number of amides is 1. The van der Waals surface area contributed by atoms with Crippen LogP contribution in [0.4, 0.5) is 11.4 Å². The lowest BCUT2D eigenvalue weighted by atomic mass is 10.2. The van der Waals surface area contributed by atoms with Gasteiger partial charge in [0.1, 0.15) is 0 Å². The minimum absolute atomic E-state index is 0.0724. The standard InChI is InChI=1S/C23H25Cl2N3O6S/c24-17-11-16(12-18(25)13-17)23(30)34-15-22(29)26-20-14-19(3-4-21(20)27-5-1-2-6-27)35(31,32)28-7-9-33-10-8-28/h3-4,11-14H,1-2,5-10,15H2,(H,26,29). The van der Waals surface area contributed by atoms with Crippen LogP contribution >= 0.6 is 23.2 Å². The van der Waals surface area contributed by atoms with Gasteiger partial charge >= 0.3 is 5.97 Å². The van der Waals surface area contributed by atoms with Crippen LogP contribution in [0.15, 0.2) is 41.3 Å². The molecule has 9 nitrogen and oxygen atoms in total. The van der Waals surface area contributed by atoms with E-state index in [0.29, 0.717) is 24.6 Å². The molecular weight excluding hydrogens is 517 g/mol. The predicted molar refractivity (Wildman–Crippen MR) is 133 cm³/mol. The summed E-state index contributed by atoms with van der Waals surface area (Å²) in [6, 6.07) is 8.96. The molecule has 188 valence electrons. The van der Waals surface area contributed by atoms with Gasteiger partial charge in [0.2, 0.25) is 10.0 Å².